The van der Waals surface area contributed by atoms with Crippen molar-refractivity contribution in [3.63, 3.8) is 0 Å². The van der Waals surface area contributed by atoms with Gasteiger partial charge in [-0.2, -0.15) is 4.98 Å². The number of anilines is 2. The molecule has 7 nitrogen and oxygen atoms in total. The molecule has 0 atom stereocenters. The molecule has 0 radical (unpaired) electrons. The van der Waals surface area contributed by atoms with Crippen molar-refractivity contribution >= 4 is 34.3 Å². The Balaban J connectivity index is 1.73. The van der Waals surface area contributed by atoms with Crippen LogP contribution in [0.5, 0.6) is 0 Å². The molecule has 160 valence electrons. The molecule has 0 spiro atoms. The second kappa shape index (κ2) is 9.32. The lowest BCUT2D eigenvalue weighted by Crippen LogP contribution is -2.10. The highest BCUT2D eigenvalue weighted by Crippen LogP contribution is 2.32. The normalized spacial score (nSPS) is 11.1. The van der Waals surface area contributed by atoms with Gasteiger partial charge in [-0.05, 0) is 55.7 Å². The van der Waals surface area contributed by atoms with Gasteiger partial charge in [0.1, 0.15) is 11.6 Å². The van der Waals surface area contributed by atoms with Crippen LogP contribution >= 0.6 is 11.6 Å². The molecule has 0 fully saturated rings. The van der Waals surface area contributed by atoms with Gasteiger partial charge in [0.2, 0.25) is 5.95 Å². The van der Waals surface area contributed by atoms with Gasteiger partial charge in [0.15, 0.2) is 0 Å². The van der Waals surface area contributed by atoms with E-state index in [1.165, 1.54) is 0 Å². The third kappa shape index (κ3) is 4.78. The summed E-state index contributed by atoms with van der Waals surface area (Å²) in [7, 11) is 0. The predicted octanol–water partition coefficient (Wildman–Crippen LogP) is 4.96. The fourth-order valence-electron chi connectivity index (χ4n) is 3.50. The van der Waals surface area contributed by atoms with Gasteiger partial charge >= 0.3 is 0 Å². The number of halogens is 1. The summed E-state index contributed by atoms with van der Waals surface area (Å²) in [4.78, 5) is 9.33. The summed E-state index contributed by atoms with van der Waals surface area (Å²) in [5, 5.41) is 21.3. The minimum atomic E-state index is 0.112. The number of nitrogens with one attached hydrogen (secondary N) is 2. The van der Waals surface area contributed by atoms with Crippen molar-refractivity contribution in [2.45, 2.75) is 26.8 Å². The zero-order valence-electron chi connectivity index (χ0n) is 17.4. The van der Waals surface area contributed by atoms with Gasteiger partial charge in [-0.3, -0.25) is 0 Å². The lowest BCUT2D eigenvalue weighted by atomic mass is 10.0. The highest BCUT2D eigenvalue weighted by molar-refractivity contribution is 6.30. The smallest absolute Gasteiger partial charge is 0.225 e. The van der Waals surface area contributed by atoms with E-state index in [1.54, 1.807) is 0 Å². The molecule has 0 saturated carbocycles. The Hall–Kier alpha value is -3.16. The Bertz CT molecular complexity index is 1190. The molecule has 4 aromatic rings. The highest BCUT2D eigenvalue weighted by Gasteiger charge is 2.15. The summed E-state index contributed by atoms with van der Waals surface area (Å²) >= 11 is 6.13. The number of aryl methyl sites for hydroxylation is 2. The van der Waals surface area contributed by atoms with Gasteiger partial charge in [-0.1, -0.05) is 35.0 Å². The van der Waals surface area contributed by atoms with Crippen LogP contribution in [0, 0.1) is 13.8 Å². The molecular weight excluding hydrogens is 414 g/mol. The average Bonchev–Trinajstić information content (AvgIpc) is 3.10. The second-order valence-corrected chi connectivity index (χ2v) is 7.75. The molecule has 2 aromatic carbocycles. The third-order valence-corrected chi connectivity index (χ3v) is 5.22. The van der Waals surface area contributed by atoms with Crippen molar-refractivity contribution in [3.05, 3.63) is 64.5 Å². The molecule has 0 aliphatic heterocycles. The summed E-state index contributed by atoms with van der Waals surface area (Å²) in [6.45, 7) is 5.11. The van der Waals surface area contributed by atoms with E-state index in [9.17, 15) is 0 Å². The van der Waals surface area contributed by atoms with Crippen LogP contribution in [0.15, 0.2) is 47.0 Å². The van der Waals surface area contributed by atoms with Crippen LogP contribution in [0.3, 0.4) is 0 Å². The molecule has 0 saturated heterocycles. The van der Waals surface area contributed by atoms with Gasteiger partial charge < -0.3 is 20.3 Å². The van der Waals surface area contributed by atoms with Crippen LogP contribution in [0.25, 0.3) is 22.0 Å². The summed E-state index contributed by atoms with van der Waals surface area (Å²) in [6.07, 6.45) is 0.623. The molecule has 0 aliphatic carbocycles. The highest BCUT2D eigenvalue weighted by atomic mass is 35.5. The topological polar surface area (TPSA) is 96.1 Å². The minimum absolute atomic E-state index is 0.112. The van der Waals surface area contributed by atoms with Crippen molar-refractivity contribution in [2.24, 2.45) is 0 Å². The Morgan fingerprint density at radius 3 is 2.68 bits per heavy atom. The van der Waals surface area contributed by atoms with Crippen LogP contribution in [0.1, 0.15) is 23.4 Å². The number of aromatic nitrogens is 3. The first-order chi connectivity index (χ1) is 15.0. The van der Waals surface area contributed by atoms with Gasteiger partial charge in [0.25, 0.3) is 0 Å². The summed E-state index contributed by atoms with van der Waals surface area (Å²) in [5.41, 5.74) is 4.68. The zero-order valence-corrected chi connectivity index (χ0v) is 18.2. The molecule has 2 aromatic heterocycles. The molecule has 0 bridgehead atoms. The van der Waals surface area contributed by atoms with Crippen molar-refractivity contribution in [2.75, 3.05) is 23.8 Å². The molecule has 4 rings (SSSR count). The van der Waals surface area contributed by atoms with Crippen LogP contribution in [0.4, 0.5) is 11.8 Å². The molecule has 0 amide bonds. The van der Waals surface area contributed by atoms with Crippen LogP contribution < -0.4 is 10.6 Å². The molecule has 0 unspecified atom stereocenters. The maximum atomic E-state index is 9.05. The SMILES string of the molecule is Cc1noc(C)c1-c1ccc2nc(NCCCO)nc(NCc3cccc(Cl)c3)c2c1. The Labute approximate surface area is 185 Å². The minimum Gasteiger partial charge on any atom is -0.396 e. The molecule has 8 heteroatoms. The van der Waals surface area contributed by atoms with E-state index in [2.05, 4.69) is 26.8 Å². The van der Waals surface area contributed by atoms with Crippen molar-refractivity contribution in [1.82, 2.24) is 15.1 Å². The molecular formula is C23H24ClN5O2. The van der Waals surface area contributed by atoms with E-state index in [-0.39, 0.29) is 6.61 Å². The van der Waals surface area contributed by atoms with E-state index in [0.717, 1.165) is 39.0 Å². The van der Waals surface area contributed by atoms with Crippen LogP contribution in [-0.2, 0) is 6.54 Å². The van der Waals surface area contributed by atoms with E-state index >= 15 is 0 Å². The Morgan fingerprint density at radius 1 is 1.06 bits per heavy atom. The third-order valence-electron chi connectivity index (χ3n) is 4.98. The Morgan fingerprint density at radius 2 is 1.94 bits per heavy atom. The number of aliphatic hydroxyl groups excluding tert-OH is 1. The first kappa shape index (κ1) is 21.1. The van der Waals surface area contributed by atoms with Gasteiger partial charge in [-0.15, -0.1) is 0 Å². The predicted molar refractivity (Wildman–Crippen MR) is 123 cm³/mol. The first-order valence-electron chi connectivity index (χ1n) is 10.1. The second-order valence-electron chi connectivity index (χ2n) is 7.31. The zero-order chi connectivity index (χ0) is 21.8. The monoisotopic (exact) mass is 437 g/mol. The molecule has 3 N–H and O–H groups in total. The van der Waals surface area contributed by atoms with E-state index in [0.29, 0.717) is 36.3 Å². The standard InChI is InChI=1S/C23H24ClN5O2/c1-14-21(15(2)31-29-14)17-7-8-20-19(12-17)22(28-23(27-20)25-9-4-10-30)26-13-16-5-3-6-18(24)11-16/h3,5-8,11-12,30H,4,9-10,13H2,1-2H3,(H2,25,26,27,28). The van der Waals surface area contributed by atoms with Gasteiger partial charge in [0, 0.05) is 35.7 Å². The van der Waals surface area contributed by atoms with Crippen LogP contribution in [-0.4, -0.2) is 33.4 Å². The maximum absolute atomic E-state index is 9.05. The summed E-state index contributed by atoms with van der Waals surface area (Å²) in [6, 6.07) is 13.8. The number of benzene rings is 2. The fourth-order valence-corrected chi connectivity index (χ4v) is 3.72. The lowest BCUT2D eigenvalue weighted by Gasteiger charge is -2.13. The number of nitrogens with zero attached hydrogens (tertiary/aromatic N) is 3. The maximum Gasteiger partial charge on any atom is 0.225 e. The number of fused-ring (bicyclic) bond motifs is 1. The van der Waals surface area contributed by atoms with Gasteiger partial charge in [-0.25, -0.2) is 4.98 Å². The van der Waals surface area contributed by atoms with Crippen molar-refractivity contribution in [1.29, 1.82) is 0 Å². The summed E-state index contributed by atoms with van der Waals surface area (Å²) in [5.74, 6) is 2.00. The van der Waals surface area contributed by atoms with E-state index in [4.69, 9.17) is 26.2 Å². The number of hydrogen-bond donors (Lipinski definition) is 3. The Kier molecular flexibility index (Phi) is 6.34. The number of rotatable bonds is 8. The largest absolute Gasteiger partial charge is 0.396 e. The summed E-state index contributed by atoms with van der Waals surface area (Å²) < 4.78 is 5.34. The molecule has 0 aliphatic rings. The van der Waals surface area contributed by atoms with E-state index in [1.807, 2.05) is 50.2 Å². The molecule has 31 heavy (non-hydrogen) atoms. The van der Waals surface area contributed by atoms with Crippen LogP contribution in [0.2, 0.25) is 5.02 Å². The number of hydrogen-bond acceptors (Lipinski definition) is 7. The fraction of sp³-hybridized carbons (Fsp3) is 0.261. The molecule has 2 heterocycles. The van der Waals surface area contributed by atoms with Crippen molar-refractivity contribution < 1.29 is 9.63 Å². The lowest BCUT2D eigenvalue weighted by molar-refractivity contribution is 0.292. The first-order valence-corrected chi connectivity index (χ1v) is 10.5. The quantitative estimate of drug-likeness (QED) is 0.335. The number of aliphatic hydroxyl groups is 1. The van der Waals surface area contributed by atoms with Gasteiger partial charge in [0.05, 0.1) is 11.2 Å². The van der Waals surface area contributed by atoms with E-state index < -0.39 is 0 Å². The average molecular weight is 438 g/mol. The van der Waals surface area contributed by atoms with Crippen molar-refractivity contribution in [3.8, 4) is 11.1 Å².